The van der Waals surface area contributed by atoms with Crippen LogP contribution in [0.1, 0.15) is 50.6 Å². The molecule has 2 aliphatic rings. The van der Waals surface area contributed by atoms with Crippen LogP contribution >= 0.6 is 0 Å². The van der Waals surface area contributed by atoms with Gasteiger partial charge in [-0.15, -0.1) is 0 Å². The van der Waals surface area contributed by atoms with Crippen LogP contribution in [0.25, 0.3) is 0 Å². The van der Waals surface area contributed by atoms with E-state index in [9.17, 15) is 0 Å². The summed E-state index contributed by atoms with van der Waals surface area (Å²) in [5.41, 5.74) is 7.89. The minimum atomic E-state index is 0.118. The first-order valence-corrected chi connectivity index (χ1v) is 7.85. The van der Waals surface area contributed by atoms with E-state index in [1.807, 2.05) is 19.1 Å². The summed E-state index contributed by atoms with van der Waals surface area (Å²) in [5, 5.41) is 0. The van der Waals surface area contributed by atoms with Crippen LogP contribution in [0.5, 0.6) is 5.75 Å². The Hall–Kier alpha value is -1.06. The highest BCUT2D eigenvalue weighted by Gasteiger charge is 2.43. The van der Waals surface area contributed by atoms with Gasteiger partial charge >= 0.3 is 0 Å². The molecule has 20 heavy (non-hydrogen) atoms. The standard InChI is InChI=1S/C17H25NO2/c1-2-19-15-6-4-13(5-7-15)16(18)14-8-11-20-17(12-14)9-3-10-17/h4-7,14,16H,2-3,8-12,18H2,1H3. The highest BCUT2D eigenvalue weighted by atomic mass is 16.5. The number of ether oxygens (including phenoxy) is 2. The van der Waals surface area contributed by atoms with E-state index in [-0.39, 0.29) is 11.6 Å². The van der Waals surface area contributed by atoms with Crippen molar-refractivity contribution in [3.63, 3.8) is 0 Å². The third-order valence-electron chi connectivity index (χ3n) is 4.88. The van der Waals surface area contributed by atoms with Crippen LogP contribution in [0, 0.1) is 5.92 Å². The fourth-order valence-electron chi connectivity index (χ4n) is 3.52. The molecular weight excluding hydrogens is 250 g/mol. The van der Waals surface area contributed by atoms with Crippen LogP contribution in [0.4, 0.5) is 0 Å². The van der Waals surface area contributed by atoms with E-state index < -0.39 is 0 Å². The second-order valence-electron chi connectivity index (χ2n) is 6.17. The Balaban J connectivity index is 1.66. The maximum atomic E-state index is 6.50. The molecule has 1 saturated carbocycles. The maximum Gasteiger partial charge on any atom is 0.119 e. The lowest BCUT2D eigenvalue weighted by Gasteiger charge is -2.48. The Morgan fingerprint density at radius 2 is 2.10 bits per heavy atom. The number of hydrogen-bond acceptors (Lipinski definition) is 3. The van der Waals surface area contributed by atoms with Crippen LogP contribution < -0.4 is 10.5 Å². The molecule has 0 amide bonds. The van der Waals surface area contributed by atoms with Crippen molar-refractivity contribution in [1.29, 1.82) is 0 Å². The summed E-state index contributed by atoms with van der Waals surface area (Å²) in [6.45, 7) is 3.57. The van der Waals surface area contributed by atoms with Gasteiger partial charge in [-0.25, -0.2) is 0 Å². The highest BCUT2D eigenvalue weighted by molar-refractivity contribution is 5.29. The fraction of sp³-hybridized carbons (Fsp3) is 0.647. The molecule has 1 heterocycles. The van der Waals surface area contributed by atoms with Crippen molar-refractivity contribution < 1.29 is 9.47 Å². The molecular formula is C17H25NO2. The van der Waals surface area contributed by atoms with Crippen LogP contribution in [-0.2, 0) is 4.74 Å². The topological polar surface area (TPSA) is 44.5 Å². The van der Waals surface area contributed by atoms with Crippen molar-refractivity contribution in [1.82, 2.24) is 0 Å². The van der Waals surface area contributed by atoms with Gasteiger partial charge in [-0.1, -0.05) is 12.1 Å². The summed E-state index contributed by atoms with van der Waals surface area (Å²) in [6, 6.07) is 8.39. The molecule has 3 nitrogen and oxygen atoms in total. The molecule has 0 aromatic heterocycles. The summed E-state index contributed by atoms with van der Waals surface area (Å²) in [7, 11) is 0. The van der Waals surface area contributed by atoms with Gasteiger partial charge in [-0.2, -0.15) is 0 Å². The molecule has 1 aromatic carbocycles. The summed E-state index contributed by atoms with van der Waals surface area (Å²) in [4.78, 5) is 0. The Morgan fingerprint density at radius 3 is 2.70 bits per heavy atom. The number of benzene rings is 1. The molecule has 1 aliphatic carbocycles. The van der Waals surface area contributed by atoms with Gasteiger partial charge in [-0.05, 0) is 62.6 Å². The summed E-state index contributed by atoms with van der Waals surface area (Å²) in [5.74, 6) is 1.47. The number of rotatable bonds is 4. The molecule has 1 aromatic rings. The van der Waals surface area contributed by atoms with Crippen LogP contribution in [0.15, 0.2) is 24.3 Å². The van der Waals surface area contributed by atoms with Gasteiger partial charge in [0.15, 0.2) is 0 Å². The zero-order valence-corrected chi connectivity index (χ0v) is 12.3. The largest absolute Gasteiger partial charge is 0.494 e. The Morgan fingerprint density at radius 1 is 1.35 bits per heavy atom. The van der Waals surface area contributed by atoms with E-state index in [0.717, 1.165) is 25.2 Å². The molecule has 2 atom stereocenters. The van der Waals surface area contributed by atoms with Gasteiger partial charge < -0.3 is 15.2 Å². The van der Waals surface area contributed by atoms with Crippen LogP contribution in [0.3, 0.4) is 0 Å². The van der Waals surface area contributed by atoms with Crippen LogP contribution in [-0.4, -0.2) is 18.8 Å². The average Bonchev–Trinajstić information content (AvgIpc) is 2.46. The van der Waals surface area contributed by atoms with E-state index in [1.165, 1.54) is 24.8 Å². The molecule has 1 aliphatic heterocycles. The normalized spacial score (nSPS) is 26.0. The predicted molar refractivity (Wildman–Crippen MR) is 79.8 cm³/mol. The highest BCUT2D eigenvalue weighted by Crippen LogP contribution is 2.46. The van der Waals surface area contributed by atoms with E-state index in [2.05, 4.69) is 12.1 Å². The second kappa shape index (κ2) is 5.74. The van der Waals surface area contributed by atoms with Gasteiger partial charge in [0.25, 0.3) is 0 Å². The van der Waals surface area contributed by atoms with Gasteiger partial charge in [0.05, 0.1) is 12.2 Å². The molecule has 3 rings (SSSR count). The first-order valence-electron chi connectivity index (χ1n) is 7.85. The summed E-state index contributed by atoms with van der Waals surface area (Å²) < 4.78 is 11.5. The zero-order chi connectivity index (χ0) is 14.0. The molecule has 110 valence electrons. The molecule has 3 heteroatoms. The summed E-state index contributed by atoms with van der Waals surface area (Å²) in [6.07, 6.45) is 5.96. The van der Waals surface area contributed by atoms with E-state index in [0.29, 0.717) is 12.5 Å². The first-order chi connectivity index (χ1) is 9.72. The monoisotopic (exact) mass is 275 g/mol. The van der Waals surface area contributed by atoms with Gasteiger partial charge in [0.1, 0.15) is 5.75 Å². The molecule has 2 N–H and O–H groups in total. The minimum Gasteiger partial charge on any atom is -0.494 e. The predicted octanol–water partition coefficient (Wildman–Crippen LogP) is 3.43. The minimum absolute atomic E-state index is 0.118. The van der Waals surface area contributed by atoms with Crippen molar-refractivity contribution >= 4 is 0 Å². The fourth-order valence-corrected chi connectivity index (χ4v) is 3.52. The van der Waals surface area contributed by atoms with Gasteiger partial charge in [0.2, 0.25) is 0 Å². The lowest BCUT2D eigenvalue weighted by molar-refractivity contribution is -0.146. The van der Waals surface area contributed by atoms with Crippen molar-refractivity contribution in [2.75, 3.05) is 13.2 Å². The lowest BCUT2D eigenvalue weighted by atomic mass is 9.70. The molecule has 1 spiro atoms. The lowest BCUT2D eigenvalue weighted by Crippen LogP contribution is -2.47. The van der Waals surface area contributed by atoms with E-state index in [1.54, 1.807) is 0 Å². The second-order valence-corrected chi connectivity index (χ2v) is 6.17. The average molecular weight is 275 g/mol. The molecule has 2 fully saturated rings. The Kier molecular flexibility index (Phi) is 3.99. The Bertz CT molecular complexity index is 439. The third kappa shape index (κ3) is 2.70. The van der Waals surface area contributed by atoms with E-state index in [4.69, 9.17) is 15.2 Å². The molecule has 1 saturated heterocycles. The zero-order valence-electron chi connectivity index (χ0n) is 12.3. The first kappa shape index (κ1) is 13.9. The van der Waals surface area contributed by atoms with Crippen molar-refractivity contribution in [2.24, 2.45) is 11.7 Å². The summed E-state index contributed by atoms with van der Waals surface area (Å²) >= 11 is 0. The van der Waals surface area contributed by atoms with E-state index >= 15 is 0 Å². The molecule has 2 unspecified atom stereocenters. The van der Waals surface area contributed by atoms with Crippen molar-refractivity contribution in [3.8, 4) is 5.75 Å². The third-order valence-corrected chi connectivity index (χ3v) is 4.88. The molecule has 0 radical (unpaired) electrons. The van der Waals surface area contributed by atoms with Crippen molar-refractivity contribution in [2.45, 2.75) is 50.7 Å². The van der Waals surface area contributed by atoms with Crippen molar-refractivity contribution in [3.05, 3.63) is 29.8 Å². The smallest absolute Gasteiger partial charge is 0.119 e. The SMILES string of the molecule is CCOc1ccc(C(N)C2CCOC3(CCC3)C2)cc1. The maximum absolute atomic E-state index is 6.50. The Labute approximate surface area is 121 Å². The van der Waals surface area contributed by atoms with Gasteiger partial charge in [-0.3, -0.25) is 0 Å². The molecule has 0 bridgehead atoms. The van der Waals surface area contributed by atoms with Gasteiger partial charge in [0, 0.05) is 12.6 Å². The number of nitrogens with two attached hydrogens (primary N) is 1. The quantitative estimate of drug-likeness (QED) is 0.915. The number of hydrogen-bond donors (Lipinski definition) is 1. The van der Waals surface area contributed by atoms with Crippen LogP contribution in [0.2, 0.25) is 0 Å².